The summed E-state index contributed by atoms with van der Waals surface area (Å²) >= 11 is 3.43. The Labute approximate surface area is 218 Å². The zero-order valence-corrected chi connectivity index (χ0v) is 21.7. The van der Waals surface area contributed by atoms with Gasteiger partial charge >= 0.3 is 5.97 Å². The predicted molar refractivity (Wildman–Crippen MR) is 137 cm³/mol. The molecule has 2 heterocycles. The first-order valence-corrected chi connectivity index (χ1v) is 13.3. The summed E-state index contributed by atoms with van der Waals surface area (Å²) in [7, 11) is 0. The molecule has 8 heteroatoms. The lowest BCUT2D eigenvalue weighted by Gasteiger charge is -2.35. The second-order valence-corrected chi connectivity index (χ2v) is 11.2. The Morgan fingerprint density at radius 2 is 1.64 bits per heavy atom. The zero-order chi connectivity index (χ0) is 25.6. The third-order valence-corrected chi connectivity index (χ3v) is 8.66. The monoisotopic (exact) mass is 552 g/mol. The topological polar surface area (TPSA) is 104 Å². The van der Waals surface area contributed by atoms with Crippen LogP contribution < -0.4 is 10.2 Å². The molecule has 2 N–H and O–H groups in total. The summed E-state index contributed by atoms with van der Waals surface area (Å²) in [6.07, 6.45) is 5.40. The van der Waals surface area contributed by atoms with Gasteiger partial charge in [0, 0.05) is 16.1 Å². The van der Waals surface area contributed by atoms with E-state index in [9.17, 15) is 24.3 Å². The van der Waals surface area contributed by atoms with Crippen LogP contribution in [-0.2, 0) is 14.4 Å². The van der Waals surface area contributed by atoms with Crippen LogP contribution in [0, 0.1) is 17.8 Å². The van der Waals surface area contributed by atoms with Gasteiger partial charge in [0.2, 0.25) is 11.8 Å². The number of aliphatic carboxylic acids is 1. The van der Waals surface area contributed by atoms with Crippen LogP contribution in [0.4, 0.5) is 5.69 Å². The molecule has 0 aromatic heterocycles. The van der Waals surface area contributed by atoms with Crippen molar-refractivity contribution in [1.82, 2.24) is 5.32 Å². The van der Waals surface area contributed by atoms with E-state index in [2.05, 4.69) is 21.2 Å². The quantitative estimate of drug-likeness (QED) is 0.390. The van der Waals surface area contributed by atoms with Crippen molar-refractivity contribution in [2.45, 2.75) is 57.0 Å². The molecule has 1 aliphatic carbocycles. The average Bonchev–Trinajstić information content (AvgIpc) is 3.34. The predicted octanol–water partition coefficient (Wildman–Crippen LogP) is 4.90. The smallest absolute Gasteiger partial charge is 0.324 e. The van der Waals surface area contributed by atoms with Gasteiger partial charge in [-0.1, -0.05) is 60.2 Å². The third kappa shape index (κ3) is 4.10. The second kappa shape index (κ2) is 9.56. The van der Waals surface area contributed by atoms with Gasteiger partial charge in [-0.3, -0.25) is 24.5 Å². The van der Waals surface area contributed by atoms with Crippen LogP contribution >= 0.6 is 15.9 Å². The summed E-state index contributed by atoms with van der Waals surface area (Å²) in [5.41, 5.74) is 0.0704. The number of rotatable bonds is 6. The first kappa shape index (κ1) is 24.8. The molecule has 4 atom stereocenters. The number of nitrogens with one attached hydrogen (secondary N) is 1. The fourth-order valence-electron chi connectivity index (χ4n) is 6.38. The highest BCUT2D eigenvalue weighted by atomic mass is 79.9. The van der Waals surface area contributed by atoms with Crippen molar-refractivity contribution in [2.24, 2.45) is 17.8 Å². The van der Waals surface area contributed by atoms with E-state index >= 15 is 0 Å². The number of hydrogen-bond acceptors (Lipinski definition) is 5. The van der Waals surface area contributed by atoms with E-state index in [0.717, 1.165) is 47.0 Å². The van der Waals surface area contributed by atoms with Crippen LogP contribution in [0.25, 0.3) is 0 Å². The van der Waals surface area contributed by atoms with E-state index in [-0.39, 0.29) is 11.7 Å². The largest absolute Gasteiger partial charge is 0.480 e. The summed E-state index contributed by atoms with van der Waals surface area (Å²) in [4.78, 5) is 53.6. The summed E-state index contributed by atoms with van der Waals surface area (Å²) < 4.78 is 0.869. The Morgan fingerprint density at radius 1 is 1.00 bits per heavy atom. The van der Waals surface area contributed by atoms with Crippen LogP contribution in [0.2, 0.25) is 0 Å². The van der Waals surface area contributed by atoms with Crippen LogP contribution in [0.5, 0.6) is 0 Å². The van der Waals surface area contributed by atoms with Gasteiger partial charge in [-0.05, 0) is 61.2 Å². The lowest BCUT2D eigenvalue weighted by atomic mass is 9.72. The van der Waals surface area contributed by atoms with Crippen molar-refractivity contribution in [3.05, 3.63) is 64.1 Å². The molecule has 0 radical (unpaired) electrons. The van der Waals surface area contributed by atoms with Crippen molar-refractivity contribution >= 4 is 45.2 Å². The summed E-state index contributed by atoms with van der Waals surface area (Å²) in [5, 5.41) is 13.9. The maximum Gasteiger partial charge on any atom is 0.324 e. The molecule has 1 saturated carbocycles. The van der Waals surface area contributed by atoms with Crippen LogP contribution in [-0.4, -0.2) is 34.2 Å². The molecule has 2 amide bonds. The van der Waals surface area contributed by atoms with Gasteiger partial charge in [0.25, 0.3) is 0 Å². The number of carbonyl (C=O) groups excluding carboxylic acids is 3. The molecule has 4 unspecified atom stereocenters. The van der Waals surface area contributed by atoms with Gasteiger partial charge in [0.1, 0.15) is 5.54 Å². The van der Waals surface area contributed by atoms with Crippen LogP contribution in [0.3, 0.4) is 0 Å². The van der Waals surface area contributed by atoms with E-state index in [0.29, 0.717) is 17.7 Å². The standard InChI is InChI=1S/C28H29BrN2O5/c1-16(32)18-9-13-21(14-10-18)31-25(33)22-23(26(31)34)28(27(35)36,15-17-5-3-2-4-6-17)30-24(22)19-7-11-20(29)12-8-19/h7-14,17,22-24,30H,2-6,15H2,1H3,(H,35,36). The summed E-state index contributed by atoms with van der Waals surface area (Å²) in [5.74, 6) is -3.79. The van der Waals surface area contributed by atoms with Crippen molar-refractivity contribution in [3.63, 3.8) is 0 Å². The second-order valence-electron chi connectivity index (χ2n) is 10.3. The van der Waals surface area contributed by atoms with Gasteiger partial charge in [-0.2, -0.15) is 0 Å². The minimum Gasteiger partial charge on any atom is -0.480 e. The maximum absolute atomic E-state index is 13.9. The number of carboxylic acids is 1. The fourth-order valence-corrected chi connectivity index (χ4v) is 6.64. The Bertz CT molecular complexity index is 1210. The maximum atomic E-state index is 13.9. The molecule has 0 bridgehead atoms. The lowest BCUT2D eigenvalue weighted by Crippen LogP contribution is -2.57. The third-order valence-electron chi connectivity index (χ3n) is 8.13. The first-order chi connectivity index (χ1) is 17.2. The number of carbonyl (C=O) groups is 4. The zero-order valence-electron chi connectivity index (χ0n) is 20.1. The highest BCUT2D eigenvalue weighted by molar-refractivity contribution is 9.10. The normalized spacial score (nSPS) is 28.4. The van der Waals surface area contributed by atoms with Gasteiger partial charge in [0.15, 0.2) is 5.78 Å². The molecule has 0 spiro atoms. The van der Waals surface area contributed by atoms with E-state index in [1.54, 1.807) is 24.3 Å². The van der Waals surface area contributed by atoms with Crippen molar-refractivity contribution in [3.8, 4) is 0 Å². The number of fused-ring (bicyclic) bond motifs is 1. The molecule has 3 fully saturated rings. The highest BCUT2D eigenvalue weighted by Gasteiger charge is 2.68. The number of amides is 2. The molecule has 2 saturated heterocycles. The fraction of sp³-hybridized carbons (Fsp3) is 0.429. The number of halogens is 1. The molecule has 5 rings (SSSR count). The molecule has 2 aromatic carbocycles. The number of benzene rings is 2. The molecule has 188 valence electrons. The van der Waals surface area contributed by atoms with E-state index < -0.39 is 41.2 Å². The Hall–Kier alpha value is -2.84. The molecule has 2 aliphatic heterocycles. The number of anilines is 1. The SMILES string of the molecule is CC(=O)c1ccc(N2C(=O)C3C(c4ccc(Br)cc4)NC(CC4CCCCC4)(C(=O)O)C3C2=O)cc1. The van der Waals surface area contributed by atoms with Gasteiger partial charge < -0.3 is 5.11 Å². The van der Waals surface area contributed by atoms with Gasteiger partial charge in [-0.25, -0.2) is 4.90 Å². The number of imide groups is 1. The molecular weight excluding hydrogens is 524 g/mol. The molecular formula is C28H29BrN2O5. The molecule has 2 aromatic rings. The Kier molecular flexibility index (Phi) is 6.59. The minimum atomic E-state index is -1.54. The number of Topliss-reactive ketones (excluding diaryl/α,β-unsaturated/α-hetero) is 1. The number of ketones is 1. The number of nitrogens with zero attached hydrogens (tertiary/aromatic N) is 1. The average molecular weight is 553 g/mol. The summed E-state index contributed by atoms with van der Waals surface area (Å²) in [6.45, 7) is 1.45. The van der Waals surface area contributed by atoms with Crippen LogP contribution in [0.15, 0.2) is 53.0 Å². The minimum absolute atomic E-state index is 0.116. The molecule has 3 aliphatic rings. The summed E-state index contributed by atoms with van der Waals surface area (Å²) in [6, 6.07) is 13.2. The van der Waals surface area contributed by atoms with Crippen LogP contribution in [0.1, 0.15) is 67.4 Å². The van der Waals surface area contributed by atoms with E-state index in [4.69, 9.17) is 0 Å². The molecule has 36 heavy (non-hydrogen) atoms. The number of hydrogen-bond donors (Lipinski definition) is 2. The highest BCUT2D eigenvalue weighted by Crippen LogP contribution is 2.52. The van der Waals surface area contributed by atoms with E-state index in [1.165, 1.54) is 6.92 Å². The van der Waals surface area contributed by atoms with E-state index in [1.807, 2.05) is 24.3 Å². The lowest BCUT2D eigenvalue weighted by molar-refractivity contribution is -0.150. The van der Waals surface area contributed by atoms with Crippen molar-refractivity contribution in [1.29, 1.82) is 0 Å². The van der Waals surface area contributed by atoms with Gasteiger partial charge in [0.05, 0.1) is 17.5 Å². The van der Waals surface area contributed by atoms with Crippen molar-refractivity contribution in [2.75, 3.05) is 4.90 Å². The first-order valence-electron chi connectivity index (χ1n) is 12.5. The number of carboxylic acid groups (broad SMARTS) is 1. The molecule has 7 nitrogen and oxygen atoms in total. The van der Waals surface area contributed by atoms with Crippen molar-refractivity contribution < 1.29 is 24.3 Å². The Balaban J connectivity index is 1.59. The Morgan fingerprint density at radius 3 is 2.22 bits per heavy atom. The van der Waals surface area contributed by atoms with Gasteiger partial charge in [-0.15, -0.1) is 0 Å².